The van der Waals surface area contributed by atoms with Crippen LogP contribution in [0.1, 0.15) is 13.8 Å². The number of benzene rings is 2. The van der Waals surface area contributed by atoms with E-state index in [2.05, 4.69) is 15.6 Å². The van der Waals surface area contributed by atoms with E-state index in [1.807, 2.05) is 49.6 Å². The minimum absolute atomic E-state index is 0.0137. The quantitative estimate of drug-likeness (QED) is 0.512. The van der Waals surface area contributed by atoms with Gasteiger partial charge in [0.05, 0.1) is 16.4 Å². The SMILES string of the molecule is CC(C)C(=O)Nc1cccc(-c2csc(Nc3ccc(Cl)cc3Cl)n2)c1. The van der Waals surface area contributed by atoms with Crippen molar-refractivity contribution in [3.05, 3.63) is 57.9 Å². The molecule has 0 aliphatic heterocycles. The van der Waals surface area contributed by atoms with Crippen LogP contribution in [0.5, 0.6) is 0 Å². The Kier molecular flexibility index (Phi) is 5.81. The molecule has 0 saturated heterocycles. The third kappa shape index (κ3) is 4.55. The minimum Gasteiger partial charge on any atom is -0.330 e. The number of hydrogen-bond donors (Lipinski definition) is 2. The summed E-state index contributed by atoms with van der Waals surface area (Å²) in [6, 6.07) is 12.9. The molecule has 3 rings (SSSR count). The van der Waals surface area contributed by atoms with Crippen molar-refractivity contribution in [2.45, 2.75) is 13.8 Å². The van der Waals surface area contributed by atoms with E-state index in [1.165, 1.54) is 11.3 Å². The lowest BCUT2D eigenvalue weighted by Gasteiger charge is -2.08. The Morgan fingerprint density at radius 3 is 2.69 bits per heavy atom. The highest BCUT2D eigenvalue weighted by Crippen LogP contribution is 2.32. The number of amides is 1. The number of carbonyl (C=O) groups is 1. The molecule has 2 aromatic carbocycles. The summed E-state index contributed by atoms with van der Waals surface area (Å²) in [6.07, 6.45) is 0. The molecule has 0 aliphatic carbocycles. The van der Waals surface area contributed by atoms with Crippen LogP contribution in [0.3, 0.4) is 0 Å². The summed E-state index contributed by atoms with van der Waals surface area (Å²) in [5.41, 5.74) is 3.25. The van der Waals surface area contributed by atoms with E-state index >= 15 is 0 Å². The van der Waals surface area contributed by atoms with Crippen LogP contribution in [0.15, 0.2) is 47.8 Å². The Bertz CT molecular complexity index is 940. The van der Waals surface area contributed by atoms with Gasteiger partial charge in [-0.15, -0.1) is 11.3 Å². The third-order valence-corrected chi connectivity index (χ3v) is 4.93. The van der Waals surface area contributed by atoms with Gasteiger partial charge in [-0.3, -0.25) is 4.79 Å². The molecule has 0 bridgehead atoms. The summed E-state index contributed by atoms with van der Waals surface area (Å²) in [5, 5.41) is 9.90. The van der Waals surface area contributed by atoms with Gasteiger partial charge >= 0.3 is 0 Å². The minimum atomic E-state index is -0.0714. The molecule has 0 spiro atoms. The van der Waals surface area contributed by atoms with E-state index < -0.39 is 0 Å². The molecule has 4 nitrogen and oxygen atoms in total. The Morgan fingerprint density at radius 2 is 1.96 bits per heavy atom. The molecule has 1 aromatic heterocycles. The van der Waals surface area contributed by atoms with Gasteiger partial charge in [0, 0.05) is 27.6 Å². The second-order valence-electron chi connectivity index (χ2n) is 6.01. The van der Waals surface area contributed by atoms with E-state index in [0.29, 0.717) is 10.0 Å². The van der Waals surface area contributed by atoms with E-state index in [9.17, 15) is 4.79 Å². The maximum absolute atomic E-state index is 11.9. The first-order chi connectivity index (χ1) is 12.4. The number of carbonyl (C=O) groups excluding carboxylic acids is 1. The number of thiazole rings is 1. The van der Waals surface area contributed by atoms with Crippen molar-refractivity contribution in [1.82, 2.24) is 4.98 Å². The maximum atomic E-state index is 11.9. The molecule has 1 amide bonds. The maximum Gasteiger partial charge on any atom is 0.226 e. The number of hydrogen-bond acceptors (Lipinski definition) is 4. The first-order valence-corrected chi connectivity index (χ1v) is 9.65. The molecule has 0 fully saturated rings. The average molecular weight is 406 g/mol. The Hall–Kier alpha value is -2.08. The van der Waals surface area contributed by atoms with E-state index in [4.69, 9.17) is 23.2 Å². The van der Waals surface area contributed by atoms with Crippen LogP contribution >= 0.6 is 34.5 Å². The number of aromatic nitrogens is 1. The first kappa shape index (κ1) is 18.7. The zero-order chi connectivity index (χ0) is 18.7. The third-order valence-electron chi connectivity index (χ3n) is 3.63. The number of anilines is 3. The first-order valence-electron chi connectivity index (χ1n) is 8.01. The van der Waals surface area contributed by atoms with Gasteiger partial charge in [0.1, 0.15) is 0 Å². The number of nitrogens with one attached hydrogen (secondary N) is 2. The monoisotopic (exact) mass is 405 g/mol. The Labute approximate surface area is 166 Å². The molecule has 2 N–H and O–H groups in total. The summed E-state index contributed by atoms with van der Waals surface area (Å²) in [5.74, 6) is -0.0852. The van der Waals surface area contributed by atoms with Crippen LogP contribution in [0.25, 0.3) is 11.3 Å². The largest absolute Gasteiger partial charge is 0.330 e. The molecular weight excluding hydrogens is 389 g/mol. The number of nitrogens with zero attached hydrogens (tertiary/aromatic N) is 1. The van der Waals surface area contributed by atoms with Crippen LogP contribution in [-0.4, -0.2) is 10.9 Å². The second kappa shape index (κ2) is 8.08. The van der Waals surface area contributed by atoms with Crippen molar-refractivity contribution >= 4 is 57.0 Å². The van der Waals surface area contributed by atoms with Crippen LogP contribution in [0.2, 0.25) is 10.0 Å². The fourth-order valence-corrected chi connectivity index (χ4v) is 3.40. The Morgan fingerprint density at radius 1 is 1.15 bits per heavy atom. The molecule has 1 heterocycles. The van der Waals surface area contributed by atoms with E-state index in [-0.39, 0.29) is 11.8 Å². The van der Waals surface area contributed by atoms with Crippen molar-refractivity contribution < 1.29 is 4.79 Å². The van der Waals surface area contributed by atoms with Crippen molar-refractivity contribution in [2.24, 2.45) is 5.92 Å². The van der Waals surface area contributed by atoms with Crippen molar-refractivity contribution in [3.8, 4) is 11.3 Å². The van der Waals surface area contributed by atoms with Crippen LogP contribution in [-0.2, 0) is 4.79 Å². The molecule has 0 unspecified atom stereocenters. The Balaban J connectivity index is 1.78. The van der Waals surface area contributed by atoms with Gasteiger partial charge in [0.2, 0.25) is 5.91 Å². The summed E-state index contributed by atoms with van der Waals surface area (Å²) < 4.78 is 0. The van der Waals surface area contributed by atoms with Gasteiger partial charge in [0.25, 0.3) is 0 Å². The molecule has 0 aliphatic rings. The normalized spacial score (nSPS) is 10.8. The lowest BCUT2D eigenvalue weighted by atomic mass is 10.1. The lowest BCUT2D eigenvalue weighted by Crippen LogP contribution is -2.17. The van der Waals surface area contributed by atoms with E-state index in [0.717, 1.165) is 27.8 Å². The highest BCUT2D eigenvalue weighted by Gasteiger charge is 2.10. The molecule has 0 radical (unpaired) electrons. The highest BCUT2D eigenvalue weighted by atomic mass is 35.5. The molecule has 7 heteroatoms. The second-order valence-corrected chi connectivity index (χ2v) is 7.71. The van der Waals surface area contributed by atoms with Crippen LogP contribution in [0.4, 0.5) is 16.5 Å². The highest BCUT2D eigenvalue weighted by molar-refractivity contribution is 7.14. The van der Waals surface area contributed by atoms with Crippen LogP contribution < -0.4 is 10.6 Å². The predicted molar refractivity (Wildman–Crippen MR) is 111 cm³/mol. The molecular formula is C19H17Cl2N3OS. The summed E-state index contributed by atoms with van der Waals surface area (Å²) >= 11 is 13.6. The van der Waals surface area contributed by atoms with Crippen molar-refractivity contribution in [2.75, 3.05) is 10.6 Å². The molecule has 0 saturated carbocycles. The molecule has 26 heavy (non-hydrogen) atoms. The summed E-state index contributed by atoms with van der Waals surface area (Å²) in [7, 11) is 0. The fourth-order valence-electron chi connectivity index (χ4n) is 2.21. The van der Waals surface area contributed by atoms with Gasteiger partial charge in [-0.2, -0.15) is 0 Å². The molecule has 3 aromatic rings. The fraction of sp³-hybridized carbons (Fsp3) is 0.158. The van der Waals surface area contributed by atoms with Gasteiger partial charge in [-0.1, -0.05) is 49.2 Å². The number of halogens is 2. The molecule has 134 valence electrons. The standard InChI is InChI=1S/C19H17Cl2N3OS/c1-11(2)18(25)22-14-5-3-4-12(8-14)17-10-26-19(24-17)23-16-7-6-13(20)9-15(16)21/h3-11H,1-2H3,(H,22,25)(H,23,24). The van der Waals surface area contributed by atoms with Gasteiger partial charge < -0.3 is 10.6 Å². The average Bonchev–Trinajstić information content (AvgIpc) is 3.06. The predicted octanol–water partition coefficient (Wildman–Crippen LogP) is 6.46. The van der Waals surface area contributed by atoms with E-state index in [1.54, 1.807) is 12.1 Å². The summed E-state index contributed by atoms with van der Waals surface area (Å²) in [4.78, 5) is 16.5. The zero-order valence-electron chi connectivity index (χ0n) is 14.2. The van der Waals surface area contributed by atoms with Crippen LogP contribution in [0, 0.1) is 5.92 Å². The van der Waals surface area contributed by atoms with Gasteiger partial charge in [-0.25, -0.2) is 4.98 Å². The lowest BCUT2D eigenvalue weighted by molar-refractivity contribution is -0.118. The number of rotatable bonds is 5. The van der Waals surface area contributed by atoms with Crippen molar-refractivity contribution in [1.29, 1.82) is 0 Å². The van der Waals surface area contributed by atoms with Gasteiger partial charge in [-0.05, 0) is 30.3 Å². The van der Waals surface area contributed by atoms with Crippen molar-refractivity contribution in [3.63, 3.8) is 0 Å². The molecule has 0 atom stereocenters. The summed E-state index contributed by atoms with van der Waals surface area (Å²) in [6.45, 7) is 3.72. The zero-order valence-corrected chi connectivity index (χ0v) is 16.5. The van der Waals surface area contributed by atoms with Gasteiger partial charge in [0.15, 0.2) is 5.13 Å². The smallest absolute Gasteiger partial charge is 0.226 e. The topological polar surface area (TPSA) is 54.0 Å².